The summed E-state index contributed by atoms with van der Waals surface area (Å²) in [4.78, 5) is 23.4. The van der Waals surface area contributed by atoms with E-state index < -0.39 is 0 Å². The largest absolute Gasteiger partial charge is 0.465 e. The van der Waals surface area contributed by atoms with Crippen LogP contribution in [-0.4, -0.2) is 30.1 Å². The van der Waals surface area contributed by atoms with Gasteiger partial charge in [-0.15, -0.1) is 0 Å². The zero-order valence-corrected chi connectivity index (χ0v) is 12.9. The van der Waals surface area contributed by atoms with E-state index >= 15 is 0 Å². The maximum atomic E-state index is 12.3. The fourth-order valence-electron chi connectivity index (χ4n) is 3.59. The van der Waals surface area contributed by atoms with Gasteiger partial charge in [0.25, 0.3) is 0 Å². The lowest BCUT2D eigenvalue weighted by atomic mass is 9.51. The fourth-order valence-corrected chi connectivity index (χ4v) is 3.59. The van der Waals surface area contributed by atoms with Crippen LogP contribution in [0.25, 0.3) is 0 Å². The number of allylic oxidation sites excluding steroid dienone is 2. The van der Waals surface area contributed by atoms with Crippen molar-refractivity contribution in [1.29, 1.82) is 0 Å². The molecular weight excluding hydrogens is 268 g/mol. The van der Waals surface area contributed by atoms with Crippen LogP contribution in [-0.2, 0) is 14.3 Å². The van der Waals surface area contributed by atoms with E-state index in [4.69, 9.17) is 4.74 Å². The molecule has 1 fully saturated rings. The van der Waals surface area contributed by atoms with E-state index in [1.165, 1.54) is 12.5 Å². The smallest absolute Gasteiger partial charge is 0.302 e. The van der Waals surface area contributed by atoms with Crippen molar-refractivity contribution < 1.29 is 19.4 Å². The van der Waals surface area contributed by atoms with Gasteiger partial charge in [0.2, 0.25) is 0 Å². The second-order valence-electron chi connectivity index (χ2n) is 6.56. The molecule has 1 saturated carbocycles. The molecule has 0 amide bonds. The number of carbonyl (C=O) groups is 2. The third-order valence-electron chi connectivity index (χ3n) is 4.99. The lowest BCUT2D eigenvalue weighted by Gasteiger charge is -2.53. The molecule has 4 nitrogen and oxygen atoms in total. The molecule has 0 aliphatic heterocycles. The minimum absolute atomic E-state index is 0.0101. The normalized spacial score (nSPS) is 35.5. The molecule has 0 aromatic heterocycles. The monoisotopic (exact) mass is 292 g/mol. The van der Waals surface area contributed by atoms with E-state index in [9.17, 15) is 14.7 Å². The lowest BCUT2D eigenvalue weighted by molar-refractivity contribution is -0.153. The van der Waals surface area contributed by atoms with Crippen LogP contribution in [0.2, 0.25) is 0 Å². The summed E-state index contributed by atoms with van der Waals surface area (Å²) in [5, 5.41) is 9.33. The van der Waals surface area contributed by atoms with Gasteiger partial charge in [-0.25, -0.2) is 0 Å². The van der Waals surface area contributed by atoms with Crippen LogP contribution in [0.3, 0.4) is 0 Å². The average Bonchev–Trinajstić information content (AvgIpc) is 2.47. The number of aliphatic hydroxyl groups excluding tert-OH is 1. The Hall–Kier alpha value is -1.42. The first-order valence-corrected chi connectivity index (χ1v) is 7.51. The zero-order valence-electron chi connectivity index (χ0n) is 12.9. The molecule has 21 heavy (non-hydrogen) atoms. The average molecular weight is 292 g/mol. The van der Waals surface area contributed by atoms with Gasteiger partial charge in [0.1, 0.15) is 0 Å². The Kier molecular flexibility index (Phi) is 4.67. The van der Waals surface area contributed by atoms with Crippen molar-refractivity contribution >= 4 is 11.8 Å². The third kappa shape index (κ3) is 3.26. The van der Waals surface area contributed by atoms with Crippen molar-refractivity contribution in [2.45, 2.75) is 39.5 Å². The van der Waals surface area contributed by atoms with Crippen molar-refractivity contribution in [2.75, 3.05) is 13.2 Å². The highest BCUT2D eigenvalue weighted by Crippen LogP contribution is 2.56. The van der Waals surface area contributed by atoms with Crippen LogP contribution >= 0.6 is 0 Å². The Balaban J connectivity index is 2.16. The van der Waals surface area contributed by atoms with Gasteiger partial charge in [-0.1, -0.05) is 25.2 Å². The molecule has 1 N–H and O–H groups in total. The molecule has 116 valence electrons. The summed E-state index contributed by atoms with van der Waals surface area (Å²) in [5.74, 6) is 0.186. The summed E-state index contributed by atoms with van der Waals surface area (Å²) in [6, 6.07) is 0. The number of hydrogen-bond donors (Lipinski definition) is 1. The van der Waals surface area contributed by atoms with Gasteiger partial charge in [0, 0.05) is 24.3 Å². The molecule has 2 rings (SSSR count). The van der Waals surface area contributed by atoms with Crippen LogP contribution in [0.4, 0.5) is 0 Å². The number of esters is 1. The molecule has 2 aliphatic rings. The summed E-state index contributed by atoms with van der Waals surface area (Å²) in [7, 11) is 0. The quantitative estimate of drug-likeness (QED) is 0.641. The molecule has 2 aliphatic carbocycles. The standard InChI is InChI=1S/C17H24O4/c1-11-5-4-6-13(9-18)16(20)7-15-14(11)8-17(15,3)10-21-12(2)19/h6,14-15,18H,1,4-5,7-10H2,2-3H3/b13-6+/t14-,15+,17-/m0/s1. The maximum absolute atomic E-state index is 12.3. The topological polar surface area (TPSA) is 63.6 Å². The molecule has 0 unspecified atom stereocenters. The van der Waals surface area contributed by atoms with Gasteiger partial charge in [-0.2, -0.15) is 0 Å². The van der Waals surface area contributed by atoms with Crippen LogP contribution in [0, 0.1) is 17.3 Å². The molecule has 0 radical (unpaired) electrons. The highest BCUT2D eigenvalue weighted by Gasteiger charge is 2.52. The number of fused-ring (bicyclic) bond motifs is 1. The van der Waals surface area contributed by atoms with Crippen LogP contribution in [0.1, 0.15) is 39.5 Å². The maximum Gasteiger partial charge on any atom is 0.302 e. The van der Waals surface area contributed by atoms with Crippen LogP contribution in [0.5, 0.6) is 0 Å². The van der Waals surface area contributed by atoms with Gasteiger partial charge in [-0.05, 0) is 31.1 Å². The molecular formula is C17H24O4. The zero-order chi connectivity index (χ0) is 15.6. The van der Waals surface area contributed by atoms with Gasteiger partial charge in [0.05, 0.1) is 13.2 Å². The van der Waals surface area contributed by atoms with Crippen molar-refractivity contribution in [1.82, 2.24) is 0 Å². The molecule has 0 spiro atoms. The Morgan fingerprint density at radius 3 is 2.90 bits per heavy atom. The highest BCUT2D eigenvalue weighted by atomic mass is 16.5. The van der Waals surface area contributed by atoms with Crippen molar-refractivity contribution in [2.24, 2.45) is 17.3 Å². The van der Waals surface area contributed by atoms with Gasteiger partial charge >= 0.3 is 5.97 Å². The second kappa shape index (κ2) is 6.14. The third-order valence-corrected chi connectivity index (χ3v) is 4.99. The molecule has 0 heterocycles. The summed E-state index contributed by atoms with van der Waals surface area (Å²) in [6.45, 7) is 7.78. The number of Topliss-reactive ketones (excluding diaryl/α,β-unsaturated/α-hetero) is 1. The molecule has 0 bridgehead atoms. The second-order valence-corrected chi connectivity index (χ2v) is 6.56. The molecule has 0 aromatic carbocycles. The Morgan fingerprint density at radius 1 is 1.57 bits per heavy atom. The predicted octanol–water partition coefficient (Wildman–Crippen LogP) is 2.42. The fraction of sp³-hybridized carbons (Fsp3) is 0.647. The van der Waals surface area contributed by atoms with E-state index in [1.54, 1.807) is 0 Å². The van der Waals surface area contributed by atoms with Crippen molar-refractivity contribution in [3.8, 4) is 0 Å². The van der Waals surface area contributed by atoms with E-state index in [1.807, 2.05) is 6.08 Å². The number of carbonyl (C=O) groups excluding carboxylic acids is 2. The number of ether oxygens (including phenoxy) is 1. The van der Waals surface area contributed by atoms with E-state index in [-0.39, 0.29) is 29.7 Å². The van der Waals surface area contributed by atoms with Crippen molar-refractivity contribution in [3.63, 3.8) is 0 Å². The first-order valence-electron chi connectivity index (χ1n) is 7.51. The first-order chi connectivity index (χ1) is 9.87. The lowest BCUT2D eigenvalue weighted by Crippen LogP contribution is -2.50. The van der Waals surface area contributed by atoms with Gasteiger partial charge in [0.15, 0.2) is 5.78 Å². The molecule has 0 saturated heterocycles. The SMILES string of the molecule is C=C1CC/C=C(\CO)C(=O)C[C@@H]2[C@H]1C[C@@]2(C)COC(C)=O. The minimum Gasteiger partial charge on any atom is -0.465 e. The van der Waals surface area contributed by atoms with E-state index in [0.29, 0.717) is 24.5 Å². The summed E-state index contributed by atoms with van der Waals surface area (Å²) in [5.41, 5.74) is 1.51. The van der Waals surface area contributed by atoms with E-state index in [0.717, 1.165) is 19.3 Å². The summed E-state index contributed by atoms with van der Waals surface area (Å²) in [6.07, 6.45) is 4.74. The predicted molar refractivity (Wildman–Crippen MR) is 79.5 cm³/mol. The van der Waals surface area contributed by atoms with Gasteiger partial charge < -0.3 is 9.84 Å². The number of ketones is 1. The number of rotatable bonds is 3. The Labute approximate surface area is 125 Å². The van der Waals surface area contributed by atoms with Crippen LogP contribution in [0.15, 0.2) is 23.8 Å². The summed E-state index contributed by atoms with van der Waals surface area (Å²) >= 11 is 0. The first kappa shape index (κ1) is 16.0. The Morgan fingerprint density at radius 2 is 2.29 bits per heavy atom. The molecule has 0 aromatic rings. The van der Waals surface area contributed by atoms with Crippen LogP contribution < -0.4 is 0 Å². The number of aliphatic hydroxyl groups is 1. The molecule has 3 atom stereocenters. The molecule has 4 heteroatoms. The minimum atomic E-state index is -0.288. The van der Waals surface area contributed by atoms with Crippen molar-refractivity contribution in [3.05, 3.63) is 23.8 Å². The highest BCUT2D eigenvalue weighted by molar-refractivity contribution is 5.95. The Bertz CT molecular complexity index is 491. The van der Waals surface area contributed by atoms with Gasteiger partial charge in [-0.3, -0.25) is 9.59 Å². The summed E-state index contributed by atoms with van der Waals surface area (Å²) < 4.78 is 5.18. The number of hydrogen-bond acceptors (Lipinski definition) is 4. The van der Waals surface area contributed by atoms with E-state index in [2.05, 4.69) is 13.5 Å².